The highest BCUT2D eigenvalue weighted by atomic mass is 16.5. The van der Waals surface area contributed by atoms with Gasteiger partial charge in [0.1, 0.15) is 12.3 Å². The number of hydrogen-bond acceptors (Lipinski definition) is 6. The molecule has 3 rings (SSSR count). The van der Waals surface area contributed by atoms with Crippen molar-refractivity contribution in [3.8, 4) is 11.4 Å². The summed E-state index contributed by atoms with van der Waals surface area (Å²) in [6, 6.07) is 8.81. The van der Waals surface area contributed by atoms with Crippen molar-refractivity contribution in [1.29, 1.82) is 0 Å². The molecule has 0 atom stereocenters. The molecule has 10 heteroatoms. The summed E-state index contributed by atoms with van der Waals surface area (Å²) in [5, 5.41) is 23.3. The Hall–Kier alpha value is -3.69. The van der Waals surface area contributed by atoms with Crippen molar-refractivity contribution in [3.05, 3.63) is 47.9 Å². The van der Waals surface area contributed by atoms with Crippen LogP contribution in [0.5, 0.6) is 5.75 Å². The van der Waals surface area contributed by atoms with Gasteiger partial charge >= 0.3 is 5.97 Å². The predicted molar refractivity (Wildman–Crippen MR) is 99.7 cm³/mol. The summed E-state index contributed by atoms with van der Waals surface area (Å²) in [5.41, 5.74) is 1.45. The minimum Gasteiger partial charge on any atom is -0.491 e. The zero-order valence-electron chi connectivity index (χ0n) is 15.7. The van der Waals surface area contributed by atoms with Crippen LogP contribution in [0.4, 0.5) is 5.82 Å². The zero-order chi connectivity index (χ0) is 20.3. The van der Waals surface area contributed by atoms with E-state index in [-0.39, 0.29) is 24.2 Å². The Bertz CT molecular complexity index is 990. The van der Waals surface area contributed by atoms with Gasteiger partial charge in [0.2, 0.25) is 0 Å². The molecule has 28 heavy (non-hydrogen) atoms. The van der Waals surface area contributed by atoms with E-state index in [1.165, 1.54) is 16.9 Å². The molecule has 0 bridgehead atoms. The Labute approximate surface area is 160 Å². The van der Waals surface area contributed by atoms with Crippen LogP contribution in [0.15, 0.2) is 36.5 Å². The van der Waals surface area contributed by atoms with E-state index in [1.807, 2.05) is 38.1 Å². The van der Waals surface area contributed by atoms with E-state index in [9.17, 15) is 9.59 Å². The Kier molecular flexibility index (Phi) is 5.39. The second-order valence-corrected chi connectivity index (χ2v) is 6.34. The largest absolute Gasteiger partial charge is 0.491 e. The molecular weight excluding hydrogens is 364 g/mol. The van der Waals surface area contributed by atoms with Crippen LogP contribution in [-0.4, -0.2) is 47.9 Å². The van der Waals surface area contributed by atoms with Crippen LogP contribution in [0, 0.1) is 6.92 Å². The second-order valence-electron chi connectivity index (χ2n) is 6.34. The SMILES string of the molecule is Cc1c(C(=O)Nc2ccn(CC(=O)O)n2)nnn1-c1ccc(OC(C)C)cc1. The van der Waals surface area contributed by atoms with E-state index in [1.54, 1.807) is 11.6 Å². The molecule has 0 fully saturated rings. The van der Waals surface area contributed by atoms with Crippen LogP contribution in [0.25, 0.3) is 5.69 Å². The molecule has 0 aliphatic rings. The normalized spacial score (nSPS) is 10.9. The summed E-state index contributed by atoms with van der Waals surface area (Å²) in [6.07, 6.45) is 1.54. The van der Waals surface area contributed by atoms with Gasteiger partial charge in [0.05, 0.1) is 17.5 Å². The molecule has 0 spiro atoms. The van der Waals surface area contributed by atoms with Crippen molar-refractivity contribution >= 4 is 17.7 Å². The quantitative estimate of drug-likeness (QED) is 0.637. The van der Waals surface area contributed by atoms with Crippen molar-refractivity contribution in [1.82, 2.24) is 24.8 Å². The lowest BCUT2D eigenvalue weighted by atomic mass is 10.2. The van der Waals surface area contributed by atoms with Crippen LogP contribution in [0.3, 0.4) is 0 Å². The first-order chi connectivity index (χ1) is 13.3. The number of aliphatic carboxylic acids is 1. The maximum absolute atomic E-state index is 12.5. The summed E-state index contributed by atoms with van der Waals surface area (Å²) in [7, 11) is 0. The monoisotopic (exact) mass is 384 g/mol. The van der Waals surface area contributed by atoms with E-state index in [2.05, 4.69) is 20.7 Å². The first-order valence-electron chi connectivity index (χ1n) is 8.59. The van der Waals surface area contributed by atoms with Crippen LogP contribution in [-0.2, 0) is 11.3 Å². The Morgan fingerprint density at radius 1 is 1.21 bits per heavy atom. The lowest BCUT2D eigenvalue weighted by Crippen LogP contribution is -2.15. The van der Waals surface area contributed by atoms with Crippen LogP contribution in [0.2, 0.25) is 0 Å². The van der Waals surface area contributed by atoms with Crippen molar-refractivity contribution in [2.24, 2.45) is 0 Å². The molecule has 0 radical (unpaired) electrons. The fourth-order valence-corrected chi connectivity index (χ4v) is 2.55. The zero-order valence-corrected chi connectivity index (χ0v) is 15.7. The number of nitrogens with one attached hydrogen (secondary N) is 1. The maximum atomic E-state index is 12.5. The standard InChI is InChI=1S/C18H20N6O4/c1-11(2)28-14-6-4-13(5-7-14)24-12(3)17(20-22-24)18(27)19-15-8-9-23(21-15)10-16(25)26/h4-9,11H,10H2,1-3H3,(H,25,26)(H,19,21,27). The lowest BCUT2D eigenvalue weighted by Gasteiger charge is -2.10. The predicted octanol–water partition coefficient (Wildman–Crippen LogP) is 1.90. The Morgan fingerprint density at radius 2 is 1.93 bits per heavy atom. The molecule has 2 heterocycles. The number of carbonyl (C=O) groups excluding carboxylic acids is 1. The van der Waals surface area contributed by atoms with E-state index in [0.717, 1.165) is 11.4 Å². The van der Waals surface area contributed by atoms with E-state index in [0.29, 0.717) is 5.69 Å². The fourth-order valence-electron chi connectivity index (χ4n) is 2.55. The van der Waals surface area contributed by atoms with Gasteiger partial charge in [-0.15, -0.1) is 5.10 Å². The average Bonchev–Trinajstić information content (AvgIpc) is 3.21. The third-order valence-electron chi connectivity index (χ3n) is 3.74. The molecule has 10 nitrogen and oxygen atoms in total. The van der Waals surface area contributed by atoms with Gasteiger partial charge in [-0.05, 0) is 45.0 Å². The van der Waals surface area contributed by atoms with Gasteiger partial charge in [0.25, 0.3) is 5.91 Å². The highest BCUT2D eigenvalue weighted by Crippen LogP contribution is 2.18. The molecule has 146 valence electrons. The van der Waals surface area contributed by atoms with E-state index >= 15 is 0 Å². The first kappa shape index (κ1) is 19.1. The highest BCUT2D eigenvalue weighted by molar-refractivity contribution is 6.03. The van der Waals surface area contributed by atoms with Crippen LogP contribution in [0.1, 0.15) is 30.0 Å². The van der Waals surface area contributed by atoms with Crippen molar-refractivity contribution < 1.29 is 19.4 Å². The Balaban J connectivity index is 1.74. The van der Waals surface area contributed by atoms with Crippen molar-refractivity contribution in [3.63, 3.8) is 0 Å². The molecule has 0 saturated carbocycles. The summed E-state index contributed by atoms with van der Waals surface area (Å²) in [6.45, 7) is 5.34. The number of carboxylic acid groups (broad SMARTS) is 1. The highest BCUT2D eigenvalue weighted by Gasteiger charge is 2.18. The molecule has 0 aliphatic heterocycles. The number of aromatic nitrogens is 5. The van der Waals surface area contributed by atoms with Crippen LogP contribution >= 0.6 is 0 Å². The number of carboxylic acids is 1. The molecular formula is C18H20N6O4. The molecule has 1 amide bonds. The average molecular weight is 384 g/mol. The number of rotatable bonds is 7. The maximum Gasteiger partial charge on any atom is 0.325 e. The van der Waals surface area contributed by atoms with Gasteiger partial charge in [0, 0.05) is 12.3 Å². The minimum atomic E-state index is -1.02. The topological polar surface area (TPSA) is 124 Å². The molecule has 0 aliphatic carbocycles. The third-order valence-corrected chi connectivity index (χ3v) is 3.74. The number of hydrogen-bond donors (Lipinski definition) is 2. The molecule has 3 aromatic rings. The number of ether oxygens (including phenoxy) is 1. The Morgan fingerprint density at radius 3 is 2.57 bits per heavy atom. The molecule has 0 saturated heterocycles. The second kappa shape index (κ2) is 7.91. The van der Waals surface area contributed by atoms with Gasteiger partial charge in [-0.25, -0.2) is 4.68 Å². The number of carbonyl (C=O) groups is 2. The summed E-state index contributed by atoms with van der Waals surface area (Å²) in [4.78, 5) is 23.2. The molecule has 0 unspecified atom stereocenters. The molecule has 2 N–H and O–H groups in total. The third kappa shape index (κ3) is 4.34. The molecule has 2 aromatic heterocycles. The molecule has 1 aromatic carbocycles. The summed E-state index contributed by atoms with van der Waals surface area (Å²) in [5.74, 6) is -0.532. The smallest absolute Gasteiger partial charge is 0.325 e. The number of benzene rings is 1. The lowest BCUT2D eigenvalue weighted by molar-refractivity contribution is -0.137. The van der Waals surface area contributed by atoms with Crippen molar-refractivity contribution in [2.45, 2.75) is 33.4 Å². The van der Waals surface area contributed by atoms with Gasteiger partial charge in [-0.1, -0.05) is 5.21 Å². The van der Waals surface area contributed by atoms with Gasteiger partial charge in [-0.2, -0.15) is 5.10 Å². The van der Waals surface area contributed by atoms with Gasteiger partial charge in [0.15, 0.2) is 11.5 Å². The number of amides is 1. The fraction of sp³-hybridized carbons (Fsp3) is 0.278. The van der Waals surface area contributed by atoms with E-state index < -0.39 is 11.9 Å². The van der Waals surface area contributed by atoms with Gasteiger partial charge in [-0.3, -0.25) is 14.3 Å². The summed E-state index contributed by atoms with van der Waals surface area (Å²) >= 11 is 0. The number of anilines is 1. The summed E-state index contributed by atoms with van der Waals surface area (Å²) < 4.78 is 8.38. The van der Waals surface area contributed by atoms with Gasteiger partial charge < -0.3 is 15.2 Å². The number of nitrogens with zero attached hydrogens (tertiary/aromatic N) is 5. The first-order valence-corrected chi connectivity index (χ1v) is 8.59. The van der Waals surface area contributed by atoms with Crippen molar-refractivity contribution in [2.75, 3.05) is 5.32 Å². The van der Waals surface area contributed by atoms with Crippen LogP contribution < -0.4 is 10.1 Å². The van der Waals surface area contributed by atoms with E-state index in [4.69, 9.17) is 9.84 Å². The minimum absolute atomic E-state index is 0.0771.